The van der Waals surface area contributed by atoms with Crippen molar-refractivity contribution in [2.24, 2.45) is 0 Å². The van der Waals surface area contributed by atoms with Crippen molar-refractivity contribution in [3.63, 3.8) is 0 Å². The number of alkyl halides is 3. The molecular formula is C20H17F3N5O2S-. The van der Waals surface area contributed by atoms with Crippen molar-refractivity contribution in [2.75, 3.05) is 17.7 Å². The maximum Gasteiger partial charge on any atom is 0.416 e. The number of benzene rings is 2. The molecular weight excluding hydrogens is 431 g/mol. The average molecular weight is 448 g/mol. The number of rotatable bonds is 3. The number of carbonyl (C=O) groups excluding carboxylic acids is 1. The Balaban J connectivity index is 2.22. The van der Waals surface area contributed by atoms with E-state index in [2.05, 4.69) is 0 Å². The second-order valence-electron chi connectivity index (χ2n) is 6.86. The monoisotopic (exact) mass is 448 g/mol. The molecule has 31 heavy (non-hydrogen) atoms. The van der Waals surface area contributed by atoms with Gasteiger partial charge in [-0.15, -0.1) is 0 Å². The minimum Gasteiger partial charge on any atom is -0.440 e. The van der Waals surface area contributed by atoms with E-state index in [0.717, 1.165) is 21.9 Å². The summed E-state index contributed by atoms with van der Waals surface area (Å²) < 4.78 is 59.0. The maximum absolute atomic E-state index is 13.2. The standard InChI is InChI=1S/C20H17F3N5O2S/c1-11-16(10-24)18(15-7-6-13(25)9-17(15)31(26)30)27(2)19(29)28(11)14-5-3-4-12(8-14)20(21,22)23/h3-9,18,26H,25H2,1-2H3/q-1. The Hall–Kier alpha value is -3.52. The van der Waals surface area contributed by atoms with Gasteiger partial charge < -0.3 is 19.6 Å². The molecule has 0 saturated heterocycles. The number of allylic oxidation sites excluding steroid dienone is 1. The third-order valence-electron chi connectivity index (χ3n) is 4.96. The summed E-state index contributed by atoms with van der Waals surface area (Å²) in [4.78, 5) is 15.4. The second kappa shape index (κ2) is 7.96. The van der Waals surface area contributed by atoms with Gasteiger partial charge in [0.25, 0.3) is 0 Å². The van der Waals surface area contributed by atoms with Crippen molar-refractivity contribution in [3.8, 4) is 6.07 Å². The highest BCUT2D eigenvalue weighted by molar-refractivity contribution is 7.73. The molecule has 11 heteroatoms. The molecule has 3 N–H and O–H groups in total. The Labute approximate surface area is 178 Å². The summed E-state index contributed by atoms with van der Waals surface area (Å²) in [5.41, 5.74) is 5.48. The first-order valence-corrected chi connectivity index (χ1v) is 9.99. The number of hydrogen-bond donors (Lipinski definition) is 2. The quantitative estimate of drug-likeness (QED) is 0.519. The topological polar surface area (TPSA) is 114 Å². The molecule has 1 heterocycles. The van der Waals surface area contributed by atoms with Crippen LogP contribution >= 0.6 is 0 Å². The number of carbonyl (C=O) groups is 1. The fourth-order valence-corrected chi connectivity index (χ4v) is 4.13. The van der Waals surface area contributed by atoms with E-state index in [-0.39, 0.29) is 33.1 Å². The van der Waals surface area contributed by atoms with Crippen LogP contribution in [0.2, 0.25) is 0 Å². The van der Waals surface area contributed by atoms with E-state index in [4.69, 9.17) is 10.5 Å². The summed E-state index contributed by atoms with van der Waals surface area (Å²) in [6.07, 6.45) is -4.60. The molecule has 0 saturated carbocycles. The number of hydrogen-bond acceptors (Lipinski definition) is 6. The zero-order valence-corrected chi connectivity index (χ0v) is 17.2. The molecule has 0 bridgehead atoms. The summed E-state index contributed by atoms with van der Waals surface area (Å²) in [5, 5.41) is 9.83. The normalized spacial score (nSPS) is 17.3. The third-order valence-corrected chi connectivity index (χ3v) is 5.72. The van der Waals surface area contributed by atoms with E-state index in [1.54, 1.807) is 0 Å². The van der Waals surface area contributed by atoms with Crippen molar-refractivity contribution in [1.29, 1.82) is 10.0 Å². The van der Waals surface area contributed by atoms with Crippen LogP contribution < -0.4 is 10.6 Å². The Morgan fingerprint density at radius 3 is 2.48 bits per heavy atom. The van der Waals surface area contributed by atoms with Gasteiger partial charge in [0.15, 0.2) is 0 Å². The van der Waals surface area contributed by atoms with E-state index >= 15 is 0 Å². The van der Waals surface area contributed by atoms with Crippen LogP contribution in [0.5, 0.6) is 0 Å². The fourth-order valence-electron chi connectivity index (χ4n) is 3.49. The first-order chi connectivity index (χ1) is 14.5. The highest BCUT2D eigenvalue weighted by Crippen LogP contribution is 2.41. The van der Waals surface area contributed by atoms with Crippen LogP contribution in [-0.4, -0.2) is 18.0 Å². The highest BCUT2D eigenvalue weighted by Gasteiger charge is 2.39. The van der Waals surface area contributed by atoms with Crippen molar-refractivity contribution >= 4 is 28.0 Å². The number of nitrogens with two attached hydrogens (primary N) is 1. The van der Waals surface area contributed by atoms with Crippen LogP contribution in [0, 0.1) is 16.1 Å². The van der Waals surface area contributed by atoms with Gasteiger partial charge in [-0.1, -0.05) is 23.1 Å². The molecule has 7 nitrogen and oxygen atoms in total. The first-order valence-electron chi connectivity index (χ1n) is 8.84. The number of likely N-dealkylation sites (N-methyl/N-ethyl adjacent to an activating group) is 1. The lowest BCUT2D eigenvalue weighted by atomic mass is 9.94. The number of nitrogens with zero attached hydrogens (tertiary/aromatic N) is 3. The predicted octanol–water partition coefficient (Wildman–Crippen LogP) is 4.78. The Kier molecular flexibility index (Phi) is 5.69. The SMILES string of the molecule is CC1=C(C#N)C(c2ccc(N)cc2[S-](=N)=O)N(C)C(=O)N1c1cccc(C(F)(F)F)c1. The summed E-state index contributed by atoms with van der Waals surface area (Å²) in [6.45, 7) is 1.45. The number of amides is 2. The van der Waals surface area contributed by atoms with Crippen molar-refractivity contribution in [3.05, 3.63) is 64.9 Å². The minimum atomic E-state index is -4.60. The van der Waals surface area contributed by atoms with Crippen LogP contribution in [0.3, 0.4) is 0 Å². The van der Waals surface area contributed by atoms with E-state index < -0.39 is 34.4 Å². The molecule has 3 rings (SSSR count). The molecule has 1 aliphatic rings. The lowest BCUT2D eigenvalue weighted by molar-refractivity contribution is -0.137. The summed E-state index contributed by atoms with van der Waals surface area (Å²) in [7, 11) is -0.824. The van der Waals surface area contributed by atoms with Gasteiger partial charge in [-0.25, -0.2) is 4.79 Å². The number of nitrogens with one attached hydrogen (secondary N) is 1. The van der Waals surface area contributed by atoms with Gasteiger partial charge >= 0.3 is 12.2 Å². The second-order valence-corrected chi connectivity index (χ2v) is 7.83. The molecule has 162 valence electrons. The number of nitriles is 1. The maximum atomic E-state index is 13.2. The van der Waals surface area contributed by atoms with Crippen LogP contribution in [0.15, 0.2) is 58.6 Å². The highest BCUT2D eigenvalue weighted by atomic mass is 32.2. The number of urea groups is 1. The smallest absolute Gasteiger partial charge is 0.416 e. The summed E-state index contributed by atoms with van der Waals surface area (Å²) in [6, 6.07) is 8.89. The lowest BCUT2D eigenvalue weighted by Crippen LogP contribution is -2.47. The molecule has 0 aromatic heterocycles. The molecule has 1 unspecified atom stereocenters. The average Bonchev–Trinajstić information content (AvgIpc) is 2.70. The van der Waals surface area contributed by atoms with Gasteiger partial charge in [-0.05, 0) is 36.8 Å². The minimum absolute atomic E-state index is 0.0396. The largest absolute Gasteiger partial charge is 0.440 e. The zero-order chi connectivity index (χ0) is 23.1. The molecule has 0 fully saturated rings. The van der Waals surface area contributed by atoms with Gasteiger partial charge in [0.1, 0.15) is 0 Å². The molecule has 0 radical (unpaired) electrons. The summed E-state index contributed by atoms with van der Waals surface area (Å²) in [5.74, 6) is 0. The van der Waals surface area contributed by atoms with Crippen molar-refractivity contribution < 1.29 is 22.2 Å². The molecule has 1 atom stereocenters. The van der Waals surface area contributed by atoms with Gasteiger partial charge in [0.2, 0.25) is 0 Å². The van der Waals surface area contributed by atoms with Crippen LogP contribution in [0.4, 0.5) is 29.3 Å². The van der Waals surface area contributed by atoms with Gasteiger partial charge in [0.05, 0.1) is 28.9 Å². The van der Waals surface area contributed by atoms with Crippen molar-refractivity contribution in [2.45, 2.75) is 24.0 Å². The number of anilines is 2. The number of halogens is 3. The Morgan fingerprint density at radius 2 is 1.90 bits per heavy atom. The van der Waals surface area contributed by atoms with Crippen LogP contribution in [-0.2, 0) is 21.0 Å². The van der Waals surface area contributed by atoms with E-state index in [9.17, 15) is 27.4 Å². The number of nitrogen functional groups attached to an aromatic ring is 1. The van der Waals surface area contributed by atoms with Crippen molar-refractivity contribution in [1.82, 2.24) is 4.90 Å². The molecule has 2 aromatic rings. The molecule has 0 aliphatic carbocycles. The molecule has 0 spiro atoms. The van der Waals surface area contributed by atoms with Crippen LogP contribution in [0.1, 0.15) is 24.1 Å². The molecule has 2 amide bonds. The van der Waals surface area contributed by atoms with E-state index in [1.165, 1.54) is 44.3 Å². The third kappa shape index (κ3) is 3.94. The Bertz CT molecular complexity index is 1210. The summed E-state index contributed by atoms with van der Waals surface area (Å²) >= 11 is 0. The lowest BCUT2D eigenvalue weighted by Gasteiger charge is -2.41. The fraction of sp³-hybridized carbons (Fsp3) is 0.200. The van der Waals surface area contributed by atoms with Gasteiger partial charge in [-0.3, -0.25) is 4.90 Å². The first kappa shape index (κ1) is 22.2. The predicted molar refractivity (Wildman–Crippen MR) is 108 cm³/mol. The zero-order valence-electron chi connectivity index (χ0n) is 16.4. The van der Waals surface area contributed by atoms with Gasteiger partial charge in [0, 0.05) is 18.4 Å². The van der Waals surface area contributed by atoms with E-state index in [1.807, 2.05) is 6.07 Å². The van der Waals surface area contributed by atoms with E-state index in [0.29, 0.717) is 0 Å². The van der Waals surface area contributed by atoms with Crippen LogP contribution in [0.25, 0.3) is 0 Å². The van der Waals surface area contributed by atoms with Gasteiger partial charge in [-0.2, -0.15) is 29.0 Å². The molecule has 1 aliphatic heterocycles. The molecule has 2 aromatic carbocycles. The Morgan fingerprint density at radius 1 is 1.23 bits per heavy atom.